The van der Waals surface area contributed by atoms with Gasteiger partial charge >= 0.3 is 5.92 Å². The fourth-order valence-corrected chi connectivity index (χ4v) is 2.63. The van der Waals surface area contributed by atoms with Gasteiger partial charge in [0.1, 0.15) is 5.60 Å². The Morgan fingerprint density at radius 3 is 2.73 bits per heavy atom. The summed E-state index contributed by atoms with van der Waals surface area (Å²) in [6.45, 7) is -0.0567. The third kappa shape index (κ3) is 2.33. The van der Waals surface area contributed by atoms with Crippen LogP contribution in [0.3, 0.4) is 0 Å². The second-order valence-electron chi connectivity index (χ2n) is 5.63. The first-order valence-corrected chi connectivity index (χ1v) is 7.15. The van der Waals surface area contributed by atoms with E-state index in [2.05, 4.69) is 10.3 Å². The smallest absolute Gasteiger partial charge is 0.352 e. The Bertz CT molecular complexity index is 709. The van der Waals surface area contributed by atoms with E-state index >= 15 is 0 Å². The van der Waals surface area contributed by atoms with Crippen LogP contribution in [-0.2, 0) is 11.3 Å². The molecule has 0 saturated heterocycles. The summed E-state index contributed by atoms with van der Waals surface area (Å²) in [7, 11) is 0. The van der Waals surface area contributed by atoms with Crippen molar-refractivity contribution in [1.29, 1.82) is 0 Å². The minimum atomic E-state index is -3.77. The normalized spacial score (nSPS) is 17.0. The van der Waals surface area contributed by atoms with Crippen LogP contribution in [0.15, 0.2) is 36.5 Å². The highest BCUT2D eigenvalue weighted by Crippen LogP contribution is 2.44. The number of nitrogens with one attached hydrogen (secondary N) is 1. The van der Waals surface area contributed by atoms with Gasteiger partial charge in [-0.3, -0.25) is 9.78 Å². The standard InChI is InChI=1S/C16H16F2N2O2/c17-16(18,15(22)7-3-8-15)14(21)20-10-12-5-1-4-11-6-2-9-19-13(11)12/h1-2,4-6,9,22H,3,7-8,10H2,(H,20,21). The largest absolute Gasteiger partial charge is 0.383 e. The first kappa shape index (κ1) is 14.8. The topological polar surface area (TPSA) is 62.2 Å². The molecule has 1 saturated carbocycles. The van der Waals surface area contributed by atoms with Crippen molar-refractivity contribution < 1.29 is 18.7 Å². The molecule has 1 fully saturated rings. The average molecular weight is 306 g/mol. The van der Waals surface area contributed by atoms with Gasteiger partial charge in [0.25, 0.3) is 5.91 Å². The van der Waals surface area contributed by atoms with E-state index in [4.69, 9.17) is 0 Å². The molecule has 4 nitrogen and oxygen atoms in total. The summed E-state index contributed by atoms with van der Waals surface area (Å²) in [6.07, 6.45) is 2.01. The molecular weight excluding hydrogens is 290 g/mol. The van der Waals surface area contributed by atoms with E-state index in [9.17, 15) is 18.7 Å². The predicted molar refractivity (Wildman–Crippen MR) is 77.3 cm³/mol. The van der Waals surface area contributed by atoms with E-state index in [1.54, 1.807) is 24.4 Å². The van der Waals surface area contributed by atoms with Crippen LogP contribution in [0.1, 0.15) is 24.8 Å². The highest BCUT2D eigenvalue weighted by Gasteiger charge is 2.61. The molecule has 6 heteroatoms. The van der Waals surface area contributed by atoms with Crippen molar-refractivity contribution >= 4 is 16.8 Å². The molecule has 0 spiro atoms. The Hall–Kier alpha value is -2.08. The van der Waals surface area contributed by atoms with Crippen molar-refractivity contribution in [2.75, 3.05) is 0 Å². The lowest BCUT2D eigenvalue weighted by atomic mass is 9.75. The molecule has 0 radical (unpaired) electrons. The number of hydrogen-bond donors (Lipinski definition) is 2. The SMILES string of the molecule is O=C(NCc1cccc2cccnc12)C(F)(F)C1(O)CCC1. The number of benzene rings is 1. The van der Waals surface area contributed by atoms with Gasteiger partial charge in [-0.05, 0) is 30.9 Å². The fourth-order valence-electron chi connectivity index (χ4n) is 2.63. The van der Waals surface area contributed by atoms with E-state index in [1.807, 2.05) is 12.1 Å². The lowest BCUT2D eigenvalue weighted by Gasteiger charge is -2.41. The maximum absolute atomic E-state index is 14.0. The number of rotatable bonds is 4. The summed E-state index contributed by atoms with van der Waals surface area (Å²) in [5.41, 5.74) is -0.882. The molecule has 22 heavy (non-hydrogen) atoms. The van der Waals surface area contributed by atoms with Gasteiger partial charge in [-0.1, -0.05) is 24.3 Å². The molecule has 1 amide bonds. The van der Waals surface area contributed by atoms with Crippen LogP contribution in [0.25, 0.3) is 10.9 Å². The van der Waals surface area contributed by atoms with Crippen LogP contribution < -0.4 is 5.32 Å². The quantitative estimate of drug-likeness (QED) is 0.912. The minimum Gasteiger partial charge on any atom is -0.383 e. The number of fused-ring (bicyclic) bond motifs is 1. The Balaban J connectivity index is 1.75. The van der Waals surface area contributed by atoms with E-state index in [0.717, 1.165) is 5.39 Å². The lowest BCUT2D eigenvalue weighted by molar-refractivity contribution is -0.216. The molecule has 0 bridgehead atoms. The van der Waals surface area contributed by atoms with Gasteiger partial charge in [-0.2, -0.15) is 8.78 Å². The summed E-state index contributed by atoms with van der Waals surface area (Å²) < 4.78 is 28.0. The molecule has 0 aliphatic heterocycles. The molecule has 3 rings (SSSR count). The van der Waals surface area contributed by atoms with E-state index < -0.39 is 17.4 Å². The fraction of sp³-hybridized carbons (Fsp3) is 0.375. The maximum Gasteiger partial charge on any atom is 0.352 e. The number of amides is 1. The molecule has 1 heterocycles. The van der Waals surface area contributed by atoms with Crippen LogP contribution in [0.5, 0.6) is 0 Å². The van der Waals surface area contributed by atoms with Crippen molar-refractivity contribution in [1.82, 2.24) is 10.3 Å². The Labute approximate surface area is 126 Å². The lowest BCUT2D eigenvalue weighted by Crippen LogP contribution is -2.60. The Morgan fingerprint density at radius 2 is 2.05 bits per heavy atom. The molecule has 2 aromatic rings. The number of carbonyl (C=O) groups excluding carboxylic acids is 1. The van der Waals surface area contributed by atoms with Crippen molar-refractivity contribution in [2.24, 2.45) is 0 Å². The molecule has 1 aliphatic rings. The van der Waals surface area contributed by atoms with Crippen molar-refractivity contribution in [3.63, 3.8) is 0 Å². The summed E-state index contributed by atoms with van der Waals surface area (Å²) in [5.74, 6) is -5.22. The van der Waals surface area contributed by atoms with Crippen molar-refractivity contribution in [2.45, 2.75) is 37.3 Å². The molecule has 0 unspecified atom stereocenters. The summed E-state index contributed by atoms with van der Waals surface area (Å²) in [4.78, 5) is 16.0. The zero-order valence-electron chi connectivity index (χ0n) is 11.9. The molecule has 1 aromatic heterocycles. The second kappa shape index (κ2) is 5.28. The molecule has 1 aliphatic carbocycles. The Kier molecular flexibility index (Phi) is 3.56. The number of carbonyl (C=O) groups is 1. The number of aliphatic hydroxyl groups is 1. The van der Waals surface area contributed by atoms with Gasteiger partial charge in [0.15, 0.2) is 0 Å². The molecular formula is C16H16F2N2O2. The van der Waals surface area contributed by atoms with Crippen molar-refractivity contribution in [3.8, 4) is 0 Å². The number of halogens is 2. The highest BCUT2D eigenvalue weighted by molar-refractivity contribution is 5.86. The van der Waals surface area contributed by atoms with E-state index in [0.29, 0.717) is 17.5 Å². The van der Waals surface area contributed by atoms with Crippen LogP contribution in [-0.4, -0.2) is 27.5 Å². The predicted octanol–water partition coefficient (Wildman–Crippen LogP) is 2.40. The van der Waals surface area contributed by atoms with E-state index in [-0.39, 0.29) is 19.4 Å². The number of aromatic nitrogens is 1. The van der Waals surface area contributed by atoms with Gasteiger partial charge in [0.05, 0.1) is 5.52 Å². The average Bonchev–Trinajstić information content (AvgIpc) is 2.49. The third-order valence-corrected chi connectivity index (χ3v) is 4.21. The summed E-state index contributed by atoms with van der Waals surface area (Å²) in [6, 6.07) is 9.01. The van der Waals surface area contributed by atoms with Gasteiger partial charge in [-0.15, -0.1) is 0 Å². The van der Waals surface area contributed by atoms with Crippen LogP contribution >= 0.6 is 0 Å². The van der Waals surface area contributed by atoms with Gasteiger partial charge in [-0.25, -0.2) is 0 Å². The summed E-state index contributed by atoms with van der Waals surface area (Å²) in [5, 5.41) is 12.8. The molecule has 1 aromatic carbocycles. The minimum absolute atomic E-state index is 0.0523. The first-order chi connectivity index (χ1) is 10.4. The monoisotopic (exact) mass is 306 g/mol. The third-order valence-electron chi connectivity index (χ3n) is 4.21. The zero-order chi connectivity index (χ0) is 15.8. The number of para-hydroxylation sites is 1. The second-order valence-corrected chi connectivity index (χ2v) is 5.63. The van der Waals surface area contributed by atoms with Crippen LogP contribution in [0.4, 0.5) is 8.78 Å². The van der Waals surface area contributed by atoms with Crippen molar-refractivity contribution in [3.05, 3.63) is 42.1 Å². The molecule has 0 atom stereocenters. The molecule has 2 N–H and O–H groups in total. The van der Waals surface area contributed by atoms with Gasteiger partial charge < -0.3 is 10.4 Å². The highest BCUT2D eigenvalue weighted by atomic mass is 19.3. The summed E-state index contributed by atoms with van der Waals surface area (Å²) >= 11 is 0. The zero-order valence-corrected chi connectivity index (χ0v) is 11.9. The van der Waals surface area contributed by atoms with Crippen LogP contribution in [0.2, 0.25) is 0 Å². The van der Waals surface area contributed by atoms with E-state index in [1.165, 1.54) is 0 Å². The van der Waals surface area contributed by atoms with Gasteiger partial charge in [0.2, 0.25) is 0 Å². The number of nitrogens with zero attached hydrogens (tertiary/aromatic N) is 1. The Morgan fingerprint density at radius 1 is 1.32 bits per heavy atom. The number of pyridine rings is 1. The first-order valence-electron chi connectivity index (χ1n) is 7.15. The van der Waals surface area contributed by atoms with Gasteiger partial charge in [0, 0.05) is 18.1 Å². The molecule has 116 valence electrons. The van der Waals surface area contributed by atoms with Crippen LogP contribution in [0, 0.1) is 0 Å². The maximum atomic E-state index is 14.0. The number of alkyl halides is 2. The number of hydrogen-bond acceptors (Lipinski definition) is 3.